The Morgan fingerprint density at radius 2 is 1.74 bits per heavy atom. The smallest absolute Gasteiger partial charge is 0.196 e. The summed E-state index contributed by atoms with van der Waals surface area (Å²) in [5, 5.41) is 27.2. The summed E-state index contributed by atoms with van der Waals surface area (Å²) in [5.74, 6) is 1.91. The van der Waals surface area contributed by atoms with Crippen molar-refractivity contribution in [3.05, 3.63) is 84.2 Å². The summed E-state index contributed by atoms with van der Waals surface area (Å²) in [4.78, 5) is 4.18. The van der Waals surface area contributed by atoms with E-state index in [0.29, 0.717) is 17.3 Å². The van der Waals surface area contributed by atoms with Gasteiger partial charge in [-0.15, -0.1) is 10.2 Å². The number of pyridine rings is 1. The van der Waals surface area contributed by atoms with Crippen LogP contribution in [-0.4, -0.2) is 37.1 Å². The summed E-state index contributed by atoms with van der Waals surface area (Å²) in [6.07, 6.45) is 3.62. The minimum atomic E-state index is 0.197. The molecule has 7 heteroatoms. The van der Waals surface area contributed by atoms with Crippen LogP contribution < -0.4 is 0 Å². The molecule has 160 valence electrons. The van der Waals surface area contributed by atoms with E-state index in [0.717, 1.165) is 34.8 Å². The predicted molar refractivity (Wildman–Crippen MR) is 124 cm³/mol. The van der Waals surface area contributed by atoms with Gasteiger partial charge in [0, 0.05) is 30.9 Å². The quantitative estimate of drug-likeness (QED) is 0.413. The van der Waals surface area contributed by atoms with Crippen molar-refractivity contribution in [3.63, 3.8) is 0 Å². The minimum Gasteiger partial charge on any atom is -0.507 e. The van der Waals surface area contributed by atoms with E-state index in [1.54, 1.807) is 24.0 Å². The number of benzene rings is 2. The molecule has 4 rings (SSSR count). The van der Waals surface area contributed by atoms with Gasteiger partial charge in [-0.1, -0.05) is 55.9 Å². The van der Waals surface area contributed by atoms with Gasteiger partial charge >= 0.3 is 0 Å². The largest absolute Gasteiger partial charge is 0.507 e. The van der Waals surface area contributed by atoms with Crippen molar-refractivity contribution in [2.24, 2.45) is 0 Å². The maximum absolute atomic E-state index is 10.6. The average Bonchev–Trinajstić information content (AvgIpc) is 3.24. The highest BCUT2D eigenvalue weighted by Gasteiger charge is 2.19. The highest BCUT2D eigenvalue weighted by molar-refractivity contribution is 7.98. The summed E-state index contributed by atoms with van der Waals surface area (Å²) < 4.78 is 2.00. The van der Waals surface area contributed by atoms with Crippen molar-refractivity contribution in [2.75, 3.05) is 7.11 Å². The highest BCUT2D eigenvalue weighted by Crippen LogP contribution is 2.35. The molecule has 0 fully saturated rings. The number of aliphatic hydroxyl groups excluding tert-OH is 1. The van der Waals surface area contributed by atoms with Gasteiger partial charge in [0.1, 0.15) is 5.75 Å². The van der Waals surface area contributed by atoms with Crippen LogP contribution in [0.4, 0.5) is 0 Å². The molecule has 0 aliphatic rings. The van der Waals surface area contributed by atoms with Crippen LogP contribution in [-0.2, 0) is 5.75 Å². The van der Waals surface area contributed by atoms with E-state index < -0.39 is 0 Å². The number of aromatic nitrogens is 4. The van der Waals surface area contributed by atoms with E-state index in [9.17, 15) is 5.11 Å². The van der Waals surface area contributed by atoms with E-state index >= 15 is 0 Å². The summed E-state index contributed by atoms with van der Waals surface area (Å²) in [5.41, 5.74) is 3.90. The number of rotatable bonds is 6. The maximum Gasteiger partial charge on any atom is 0.196 e. The summed E-state index contributed by atoms with van der Waals surface area (Å²) in [6.45, 7) is 4.26. The average molecular weight is 435 g/mol. The number of hydrogen-bond donors (Lipinski definition) is 2. The first-order valence-corrected chi connectivity index (χ1v) is 10.9. The Hall–Kier alpha value is -3.16. The molecule has 0 amide bonds. The predicted octanol–water partition coefficient (Wildman–Crippen LogP) is 5.06. The van der Waals surface area contributed by atoms with E-state index in [1.807, 2.05) is 65.4 Å². The Bertz CT molecular complexity index is 1100. The molecule has 0 aliphatic heterocycles. The number of para-hydroxylation sites is 1. The number of hydrogen-bond acceptors (Lipinski definition) is 6. The number of nitrogens with zero attached hydrogens (tertiary/aromatic N) is 4. The van der Waals surface area contributed by atoms with Gasteiger partial charge in [-0.3, -0.25) is 9.55 Å². The molecule has 4 aromatic rings. The van der Waals surface area contributed by atoms with Crippen LogP contribution in [0.15, 0.2) is 78.2 Å². The maximum atomic E-state index is 10.6. The fourth-order valence-corrected chi connectivity index (χ4v) is 3.96. The van der Waals surface area contributed by atoms with Crippen molar-refractivity contribution in [1.82, 2.24) is 19.7 Å². The van der Waals surface area contributed by atoms with Gasteiger partial charge in [0.05, 0.1) is 5.56 Å². The molecule has 2 N–H and O–H groups in total. The molecule has 0 bridgehead atoms. The lowest BCUT2D eigenvalue weighted by Crippen LogP contribution is -2.00. The first-order chi connectivity index (χ1) is 15.1. The zero-order chi connectivity index (χ0) is 22.2. The zero-order valence-electron chi connectivity index (χ0n) is 17.8. The van der Waals surface area contributed by atoms with Gasteiger partial charge in [-0.2, -0.15) is 0 Å². The molecule has 0 saturated carbocycles. The number of phenolic OH excluding ortho intramolecular Hbond substituents is 1. The minimum absolute atomic E-state index is 0.197. The molecule has 2 aromatic carbocycles. The third-order valence-electron chi connectivity index (χ3n) is 4.67. The Morgan fingerprint density at radius 3 is 2.42 bits per heavy atom. The van der Waals surface area contributed by atoms with Gasteiger partial charge in [-0.05, 0) is 47.4 Å². The molecule has 0 radical (unpaired) electrons. The van der Waals surface area contributed by atoms with Gasteiger partial charge in [-0.25, -0.2) is 0 Å². The van der Waals surface area contributed by atoms with Crippen LogP contribution in [0.25, 0.3) is 17.1 Å². The van der Waals surface area contributed by atoms with Gasteiger partial charge < -0.3 is 10.2 Å². The number of aromatic hydroxyl groups is 1. The van der Waals surface area contributed by atoms with E-state index in [2.05, 4.69) is 29.0 Å². The number of aliphatic hydroxyl groups is 1. The van der Waals surface area contributed by atoms with Crippen LogP contribution >= 0.6 is 11.8 Å². The van der Waals surface area contributed by atoms with Crippen LogP contribution in [0.1, 0.15) is 30.9 Å². The van der Waals surface area contributed by atoms with Crippen LogP contribution in [0.3, 0.4) is 0 Å². The first kappa shape index (κ1) is 22.5. The molecule has 31 heavy (non-hydrogen) atoms. The van der Waals surface area contributed by atoms with Crippen LogP contribution in [0.5, 0.6) is 5.75 Å². The Balaban J connectivity index is 0.00000132. The second kappa shape index (κ2) is 10.7. The van der Waals surface area contributed by atoms with Crippen LogP contribution in [0, 0.1) is 0 Å². The normalized spacial score (nSPS) is 10.6. The third-order valence-corrected chi connectivity index (χ3v) is 5.67. The second-order valence-electron chi connectivity index (χ2n) is 7.06. The number of thioether (sulfide) groups is 1. The molecular weight excluding hydrogens is 408 g/mol. The summed E-state index contributed by atoms with van der Waals surface area (Å²) >= 11 is 1.59. The van der Waals surface area contributed by atoms with Gasteiger partial charge in [0.15, 0.2) is 11.0 Å². The molecule has 0 aliphatic carbocycles. The standard InChI is InChI=1S/C23H22N4OS.CH4O/c1-16(2)18-10-11-21(28)20(13-18)22-25-26-23(27(22)19-8-4-3-5-9-19)29-15-17-7-6-12-24-14-17;1-2/h3-14,16,28H,15H2,1-2H3;2H,1H3. The zero-order valence-corrected chi connectivity index (χ0v) is 18.6. The fourth-order valence-electron chi connectivity index (χ4n) is 3.07. The van der Waals surface area contributed by atoms with E-state index in [4.69, 9.17) is 5.11 Å². The molecule has 2 heterocycles. The Kier molecular flexibility index (Phi) is 7.81. The van der Waals surface area contributed by atoms with Crippen LogP contribution in [0.2, 0.25) is 0 Å². The fraction of sp³-hybridized carbons (Fsp3) is 0.208. The monoisotopic (exact) mass is 434 g/mol. The lowest BCUT2D eigenvalue weighted by atomic mass is 10.00. The summed E-state index contributed by atoms with van der Waals surface area (Å²) in [6, 6.07) is 19.6. The molecule has 0 unspecified atom stereocenters. The van der Waals surface area contributed by atoms with Crippen molar-refractivity contribution < 1.29 is 10.2 Å². The van der Waals surface area contributed by atoms with Crippen molar-refractivity contribution in [2.45, 2.75) is 30.7 Å². The highest BCUT2D eigenvalue weighted by atomic mass is 32.2. The first-order valence-electron chi connectivity index (χ1n) is 9.94. The van der Waals surface area contributed by atoms with E-state index in [-0.39, 0.29) is 5.75 Å². The summed E-state index contributed by atoms with van der Waals surface area (Å²) in [7, 11) is 1.00. The Labute approximate surface area is 186 Å². The Morgan fingerprint density at radius 1 is 0.968 bits per heavy atom. The topological polar surface area (TPSA) is 84.1 Å². The second-order valence-corrected chi connectivity index (χ2v) is 8.00. The van der Waals surface area contributed by atoms with Gasteiger partial charge in [0.2, 0.25) is 0 Å². The van der Waals surface area contributed by atoms with Crippen molar-refractivity contribution >= 4 is 11.8 Å². The molecule has 6 nitrogen and oxygen atoms in total. The molecule has 0 saturated heterocycles. The SMILES string of the molecule is CC(C)c1ccc(O)c(-c2nnc(SCc3cccnc3)n2-c2ccccc2)c1.CO. The molecular formula is C24H26N4O2S. The molecule has 0 spiro atoms. The number of phenols is 1. The molecule has 0 atom stereocenters. The van der Waals surface area contributed by atoms with Crippen molar-refractivity contribution in [1.29, 1.82) is 0 Å². The molecule has 2 aromatic heterocycles. The van der Waals surface area contributed by atoms with Crippen molar-refractivity contribution in [3.8, 4) is 22.8 Å². The van der Waals surface area contributed by atoms with E-state index in [1.165, 1.54) is 0 Å². The van der Waals surface area contributed by atoms with Gasteiger partial charge in [0.25, 0.3) is 0 Å². The lowest BCUT2D eigenvalue weighted by molar-refractivity contribution is 0.399. The lowest BCUT2D eigenvalue weighted by Gasteiger charge is -2.13. The third kappa shape index (κ3) is 5.31.